The van der Waals surface area contributed by atoms with Gasteiger partial charge in [-0.1, -0.05) is 36.4 Å². The fourth-order valence-electron chi connectivity index (χ4n) is 2.57. The van der Waals surface area contributed by atoms with Gasteiger partial charge in [0.1, 0.15) is 5.60 Å². The van der Waals surface area contributed by atoms with E-state index in [4.69, 9.17) is 4.74 Å². The van der Waals surface area contributed by atoms with Gasteiger partial charge in [0.2, 0.25) is 5.91 Å². The lowest BCUT2D eigenvalue weighted by Gasteiger charge is -2.19. The van der Waals surface area contributed by atoms with Gasteiger partial charge in [-0.05, 0) is 44.0 Å². The molecule has 2 aromatic rings. The number of rotatable bonds is 7. The molecule has 0 saturated carbocycles. The molecule has 0 aliphatic carbocycles. The molecular weight excluding hydrogens is 358 g/mol. The number of hydrogen-bond donors (Lipinski definition) is 3. The zero-order valence-electron chi connectivity index (χ0n) is 16.5. The number of nitrogens with one attached hydrogen (secondary N) is 3. The highest BCUT2D eigenvalue weighted by atomic mass is 16.6. The van der Waals surface area contributed by atoms with Crippen LogP contribution in [0.1, 0.15) is 37.6 Å². The van der Waals surface area contributed by atoms with Crippen molar-refractivity contribution in [3.8, 4) is 0 Å². The predicted octanol–water partition coefficient (Wildman–Crippen LogP) is 2.60. The zero-order chi connectivity index (χ0) is 20.6. The molecule has 0 fully saturated rings. The van der Waals surface area contributed by atoms with Crippen molar-refractivity contribution in [2.24, 2.45) is 0 Å². The van der Waals surface area contributed by atoms with E-state index < -0.39 is 11.7 Å². The molecule has 7 heteroatoms. The number of fused-ring (bicyclic) bond motifs is 1. The highest BCUT2D eigenvalue weighted by Crippen LogP contribution is 2.18. The Morgan fingerprint density at radius 2 is 1.57 bits per heavy atom. The normalized spacial score (nSPS) is 11.0. The Morgan fingerprint density at radius 3 is 2.32 bits per heavy atom. The number of hydrogen-bond acceptors (Lipinski definition) is 4. The minimum absolute atomic E-state index is 0.144. The molecule has 0 atom stereocenters. The van der Waals surface area contributed by atoms with Crippen molar-refractivity contribution < 1.29 is 19.1 Å². The number of carbonyl (C=O) groups is 3. The average molecular weight is 385 g/mol. The summed E-state index contributed by atoms with van der Waals surface area (Å²) >= 11 is 0. The van der Waals surface area contributed by atoms with Gasteiger partial charge in [0.25, 0.3) is 5.91 Å². The second-order valence-electron chi connectivity index (χ2n) is 7.34. The molecule has 2 rings (SSSR count). The van der Waals surface area contributed by atoms with Crippen LogP contribution in [0.4, 0.5) is 4.79 Å². The summed E-state index contributed by atoms with van der Waals surface area (Å²) < 4.78 is 5.05. The van der Waals surface area contributed by atoms with Crippen LogP contribution in [0.3, 0.4) is 0 Å². The smallest absolute Gasteiger partial charge is 0.408 e. The molecule has 0 aliphatic heterocycles. The second kappa shape index (κ2) is 9.73. The largest absolute Gasteiger partial charge is 0.444 e. The molecule has 0 spiro atoms. The van der Waals surface area contributed by atoms with Crippen LogP contribution in [0.15, 0.2) is 42.5 Å². The lowest BCUT2D eigenvalue weighted by Crippen LogP contribution is -2.40. The number of ether oxygens (including phenoxy) is 1. The van der Waals surface area contributed by atoms with Gasteiger partial charge in [0.15, 0.2) is 0 Å². The molecule has 28 heavy (non-hydrogen) atoms. The molecule has 0 aliphatic rings. The Labute approximate surface area is 164 Å². The molecule has 0 saturated heterocycles. The van der Waals surface area contributed by atoms with Crippen molar-refractivity contribution >= 4 is 28.7 Å². The maximum absolute atomic E-state index is 12.4. The van der Waals surface area contributed by atoms with Crippen molar-refractivity contribution in [2.45, 2.75) is 32.8 Å². The molecule has 3 N–H and O–H groups in total. The van der Waals surface area contributed by atoms with Crippen molar-refractivity contribution in [3.05, 3.63) is 48.0 Å². The lowest BCUT2D eigenvalue weighted by molar-refractivity contribution is -0.120. The van der Waals surface area contributed by atoms with Crippen LogP contribution in [0.2, 0.25) is 0 Å². The first-order chi connectivity index (χ1) is 13.3. The van der Waals surface area contributed by atoms with Crippen molar-refractivity contribution in [2.75, 3.05) is 19.6 Å². The van der Waals surface area contributed by atoms with E-state index in [1.165, 1.54) is 0 Å². The molecule has 3 amide bonds. The minimum atomic E-state index is -0.634. The number of carbonyl (C=O) groups excluding carboxylic acids is 3. The first-order valence-electron chi connectivity index (χ1n) is 9.26. The maximum Gasteiger partial charge on any atom is 0.408 e. The Balaban J connectivity index is 1.66. The quantitative estimate of drug-likeness (QED) is 0.638. The highest BCUT2D eigenvalue weighted by molar-refractivity contribution is 6.06. The molecular formula is C21H27N3O4. The third kappa shape index (κ3) is 6.90. The van der Waals surface area contributed by atoms with Gasteiger partial charge < -0.3 is 20.7 Å². The van der Waals surface area contributed by atoms with Crippen LogP contribution in [-0.2, 0) is 9.53 Å². The van der Waals surface area contributed by atoms with Crippen LogP contribution in [0.5, 0.6) is 0 Å². The van der Waals surface area contributed by atoms with E-state index in [9.17, 15) is 14.4 Å². The number of amides is 3. The molecule has 0 heterocycles. The maximum atomic E-state index is 12.4. The molecule has 0 aromatic heterocycles. The molecule has 7 nitrogen and oxygen atoms in total. The minimum Gasteiger partial charge on any atom is -0.444 e. The summed E-state index contributed by atoms with van der Waals surface area (Å²) in [7, 11) is 0. The Morgan fingerprint density at radius 1 is 0.893 bits per heavy atom. The van der Waals surface area contributed by atoms with Gasteiger partial charge >= 0.3 is 6.09 Å². The molecule has 2 aromatic carbocycles. The SMILES string of the molecule is CC(C)(C)OC(=O)NCC(=O)NCCCNC(=O)c1cccc2ccccc12. The van der Waals surface area contributed by atoms with Gasteiger partial charge in [-0.3, -0.25) is 9.59 Å². The summed E-state index contributed by atoms with van der Waals surface area (Å²) in [5.41, 5.74) is 0.0201. The van der Waals surface area contributed by atoms with Crippen LogP contribution in [0, 0.1) is 0 Å². The van der Waals surface area contributed by atoms with Crippen molar-refractivity contribution in [1.29, 1.82) is 0 Å². The second-order valence-corrected chi connectivity index (χ2v) is 7.34. The highest BCUT2D eigenvalue weighted by Gasteiger charge is 2.16. The van der Waals surface area contributed by atoms with Crippen LogP contribution >= 0.6 is 0 Å². The lowest BCUT2D eigenvalue weighted by atomic mass is 10.0. The summed E-state index contributed by atoms with van der Waals surface area (Å²) in [6.07, 6.45) is -0.0562. The van der Waals surface area contributed by atoms with Gasteiger partial charge in [-0.2, -0.15) is 0 Å². The van der Waals surface area contributed by atoms with Crippen LogP contribution < -0.4 is 16.0 Å². The summed E-state index contributed by atoms with van der Waals surface area (Å²) in [4.78, 5) is 35.6. The predicted molar refractivity (Wildman–Crippen MR) is 108 cm³/mol. The summed E-state index contributed by atoms with van der Waals surface area (Å²) in [5, 5.41) is 9.86. The monoisotopic (exact) mass is 385 g/mol. The summed E-state index contributed by atoms with van der Waals surface area (Å²) in [6, 6.07) is 13.3. The number of alkyl carbamates (subject to hydrolysis) is 1. The molecule has 0 bridgehead atoms. The topological polar surface area (TPSA) is 96.5 Å². The van der Waals surface area contributed by atoms with Gasteiger partial charge in [0, 0.05) is 18.7 Å². The zero-order valence-corrected chi connectivity index (χ0v) is 16.5. The summed E-state index contributed by atoms with van der Waals surface area (Å²) in [6.45, 7) is 5.92. The van der Waals surface area contributed by atoms with E-state index in [-0.39, 0.29) is 18.4 Å². The van der Waals surface area contributed by atoms with E-state index in [2.05, 4.69) is 16.0 Å². The third-order valence-electron chi connectivity index (χ3n) is 3.79. The Bertz CT molecular complexity index is 838. The molecule has 0 radical (unpaired) electrons. The van der Waals surface area contributed by atoms with Gasteiger partial charge in [-0.25, -0.2) is 4.79 Å². The molecule has 150 valence electrons. The van der Waals surface area contributed by atoms with E-state index in [1.54, 1.807) is 26.8 Å². The van der Waals surface area contributed by atoms with E-state index in [0.717, 1.165) is 10.8 Å². The van der Waals surface area contributed by atoms with Gasteiger partial charge in [-0.15, -0.1) is 0 Å². The molecule has 0 unspecified atom stereocenters. The van der Waals surface area contributed by atoms with Crippen LogP contribution in [-0.4, -0.2) is 43.1 Å². The number of benzene rings is 2. The van der Waals surface area contributed by atoms with Crippen molar-refractivity contribution in [3.63, 3.8) is 0 Å². The fraction of sp³-hybridized carbons (Fsp3) is 0.381. The summed E-state index contributed by atoms with van der Waals surface area (Å²) in [5.74, 6) is -0.457. The van der Waals surface area contributed by atoms with Gasteiger partial charge in [0.05, 0.1) is 6.54 Å². The third-order valence-corrected chi connectivity index (χ3v) is 3.79. The van der Waals surface area contributed by atoms with Crippen molar-refractivity contribution in [1.82, 2.24) is 16.0 Å². The van der Waals surface area contributed by atoms with E-state index >= 15 is 0 Å². The van der Waals surface area contributed by atoms with Crippen LogP contribution in [0.25, 0.3) is 10.8 Å². The fourth-order valence-corrected chi connectivity index (χ4v) is 2.57. The standard InChI is InChI=1S/C21H27N3O4/c1-21(2,3)28-20(27)24-14-18(25)22-12-7-13-23-19(26)17-11-6-9-15-8-4-5-10-16(15)17/h4-6,8-11H,7,12-14H2,1-3H3,(H,22,25)(H,23,26)(H,24,27). The van der Waals surface area contributed by atoms with E-state index in [1.807, 2.05) is 36.4 Å². The Kier molecular flexibility index (Phi) is 7.37. The first-order valence-corrected chi connectivity index (χ1v) is 9.26. The first kappa shape index (κ1) is 21.2. The average Bonchev–Trinajstić information content (AvgIpc) is 2.64. The Hall–Kier alpha value is -3.09. The van der Waals surface area contributed by atoms with E-state index in [0.29, 0.717) is 25.1 Å².